The predicted molar refractivity (Wildman–Crippen MR) is 76.1 cm³/mol. The van der Waals surface area contributed by atoms with Gasteiger partial charge in [-0.25, -0.2) is 9.78 Å². The third kappa shape index (κ3) is 4.10. The molecule has 0 aliphatic rings. The molecule has 5 nitrogen and oxygen atoms in total. The summed E-state index contributed by atoms with van der Waals surface area (Å²) in [6.07, 6.45) is 3.55. The Morgan fingerprint density at radius 2 is 2.39 bits per heavy atom. The van der Waals surface area contributed by atoms with Gasteiger partial charge in [-0.05, 0) is 26.2 Å². The Hall–Kier alpha value is -1.43. The van der Waals surface area contributed by atoms with E-state index >= 15 is 0 Å². The van der Waals surface area contributed by atoms with Gasteiger partial charge in [-0.1, -0.05) is 0 Å². The summed E-state index contributed by atoms with van der Waals surface area (Å²) in [5, 5.41) is 3.19. The molecule has 0 saturated carbocycles. The zero-order chi connectivity index (χ0) is 13.5. The second-order valence-corrected chi connectivity index (χ2v) is 4.80. The maximum Gasteiger partial charge on any atom is 0.341 e. The number of carbonyl (C=O) groups is 1. The van der Waals surface area contributed by atoms with Gasteiger partial charge in [0.05, 0.1) is 18.5 Å². The molecular weight excluding hydrogens is 250 g/mol. The van der Waals surface area contributed by atoms with Crippen molar-refractivity contribution in [2.24, 2.45) is 0 Å². The van der Waals surface area contributed by atoms with E-state index in [0.29, 0.717) is 23.7 Å². The second-order valence-electron chi connectivity index (χ2n) is 3.89. The molecule has 0 amide bonds. The molecule has 3 N–H and O–H groups in total. The number of ether oxygens (including phenoxy) is 1. The van der Waals surface area contributed by atoms with E-state index in [1.54, 1.807) is 24.8 Å². The quantitative estimate of drug-likeness (QED) is 0.769. The van der Waals surface area contributed by atoms with Crippen molar-refractivity contribution >= 4 is 29.2 Å². The van der Waals surface area contributed by atoms with Gasteiger partial charge in [0, 0.05) is 11.8 Å². The van der Waals surface area contributed by atoms with Gasteiger partial charge >= 0.3 is 5.97 Å². The van der Waals surface area contributed by atoms with Gasteiger partial charge in [0.15, 0.2) is 0 Å². The first-order valence-corrected chi connectivity index (χ1v) is 7.16. The Morgan fingerprint density at radius 1 is 1.67 bits per heavy atom. The molecule has 0 spiro atoms. The molecule has 1 heterocycles. The minimum absolute atomic E-state index is 0.212. The van der Waals surface area contributed by atoms with Crippen molar-refractivity contribution in [3.05, 3.63) is 17.8 Å². The fourth-order valence-electron chi connectivity index (χ4n) is 1.49. The largest absolute Gasteiger partial charge is 0.462 e. The molecular formula is C12H19N3O2S. The summed E-state index contributed by atoms with van der Waals surface area (Å²) >= 11 is 1.73. The highest BCUT2D eigenvalue weighted by Gasteiger charge is 2.15. The van der Waals surface area contributed by atoms with E-state index in [2.05, 4.69) is 10.3 Å². The first-order valence-electron chi connectivity index (χ1n) is 5.76. The van der Waals surface area contributed by atoms with Gasteiger partial charge in [-0.2, -0.15) is 11.8 Å². The third-order valence-corrected chi connectivity index (χ3v) is 3.04. The average molecular weight is 269 g/mol. The van der Waals surface area contributed by atoms with Crippen LogP contribution in [0.3, 0.4) is 0 Å². The first kappa shape index (κ1) is 14.6. The lowest BCUT2D eigenvalue weighted by Gasteiger charge is -2.16. The number of nitrogens with one attached hydrogen (secondary N) is 1. The molecule has 0 radical (unpaired) electrons. The lowest BCUT2D eigenvalue weighted by Crippen LogP contribution is -2.21. The normalized spacial score (nSPS) is 11.9. The van der Waals surface area contributed by atoms with Crippen LogP contribution in [0.1, 0.15) is 24.2 Å². The van der Waals surface area contributed by atoms with Crippen molar-refractivity contribution < 1.29 is 9.53 Å². The molecule has 0 aliphatic heterocycles. The van der Waals surface area contributed by atoms with E-state index in [1.165, 1.54) is 6.20 Å². The van der Waals surface area contributed by atoms with Crippen molar-refractivity contribution in [3.63, 3.8) is 0 Å². The third-order valence-electron chi connectivity index (χ3n) is 2.20. The lowest BCUT2D eigenvalue weighted by atomic mass is 10.2. The molecule has 18 heavy (non-hydrogen) atoms. The van der Waals surface area contributed by atoms with Crippen LogP contribution in [0.2, 0.25) is 0 Å². The number of anilines is 2. The van der Waals surface area contributed by atoms with Crippen LogP contribution >= 0.6 is 11.8 Å². The molecule has 1 aromatic rings. The maximum atomic E-state index is 11.8. The summed E-state index contributed by atoms with van der Waals surface area (Å²) in [6.45, 7) is 4.12. The molecule has 6 heteroatoms. The number of nitrogens with two attached hydrogens (primary N) is 1. The molecule has 0 saturated heterocycles. The van der Waals surface area contributed by atoms with Gasteiger partial charge < -0.3 is 15.8 Å². The molecule has 1 atom stereocenters. The zero-order valence-electron chi connectivity index (χ0n) is 10.9. The molecule has 1 aromatic heterocycles. The highest BCUT2D eigenvalue weighted by atomic mass is 32.2. The van der Waals surface area contributed by atoms with Crippen molar-refractivity contribution in [2.75, 3.05) is 29.7 Å². The number of thioether (sulfide) groups is 1. The topological polar surface area (TPSA) is 77.2 Å². The summed E-state index contributed by atoms with van der Waals surface area (Å²) in [6, 6.07) is 1.79. The number of esters is 1. The Bertz CT molecular complexity index is 412. The van der Waals surface area contributed by atoms with E-state index in [9.17, 15) is 4.79 Å². The van der Waals surface area contributed by atoms with Crippen LogP contribution in [0.25, 0.3) is 0 Å². The van der Waals surface area contributed by atoms with Crippen LogP contribution in [0, 0.1) is 0 Å². The highest BCUT2D eigenvalue weighted by Crippen LogP contribution is 2.18. The molecule has 0 fully saturated rings. The molecule has 100 valence electrons. The fraction of sp³-hybridized carbons (Fsp3) is 0.500. The summed E-state index contributed by atoms with van der Waals surface area (Å²) in [5.74, 6) is 1.04. The number of rotatable bonds is 6. The predicted octanol–water partition coefficient (Wildman–Crippen LogP) is 2.00. The number of hydrogen-bond donors (Lipinski definition) is 2. The first-order chi connectivity index (χ1) is 8.58. The average Bonchev–Trinajstić information content (AvgIpc) is 2.32. The molecule has 0 aromatic carbocycles. The molecule has 0 aliphatic carbocycles. The van der Waals surface area contributed by atoms with E-state index in [-0.39, 0.29) is 6.04 Å². The number of nitrogen functional groups attached to an aromatic ring is 1. The van der Waals surface area contributed by atoms with E-state index < -0.39 is 5.97 Å². The summed E-state index contributed by atoms with van der Waals surface area (Å²) < 4.78 is 4.99. The number of carbonyl (C=O) groups excluding carboxylic acids is 1. The summed E-state index contributed by atoms with van der Waals surface area (Å²) in [5.41, 5.74) is 6.47. The Morgan fingerprint density at radius 3 is 3.00 bits per heavy atom. The van der Waals surface area contributed by atoms with Crippen LogP contribution in [-0.2, 0) is 4.74 Å². The van der Waals surface area contributed by atoms with Gasteiger partial charge in [0.1, 0.15) is 11.4 Å². The maximum absolute atomic E-state index is 11.8. The highest BCUT2D eigenvalue weighted by molar-refractivity contribution is 7.98. The van der Waals surface area contributed by atoms with Crippen molar-refractivity contribution in [2.45, 2.75) is 19.9 Å². The number of hydrogen-bond acceptors (Lipinski definition) is 6. The monoisotopic (exact) mass is 269 g/mol. The van der Waals surface area contributed by atoms with E-state index in [0.717, 1.165) is 5.75 Å². The Kier molecular flexibility index (Phi) is 5.77. The van der Waals surface area contributed by atoms with Gasteiger partial charge in [0.25, 0.3) is 0 Å². The SMILES string of the molecule is CCOC(=O)c1cc(N)cnc1NC(C)CSC. The smallest absolute Gasteiger partial charge is 0.341 e. The second kappa shape index (κ2) is 7.10. The summed E-state index contributed by atoms with van der Waals surface area (Å²) in [4.78, 5) is 16.0. The van der Waals surface area contributed by atoms with Crippen LogP contribution < -0.4 is 11.1 Å². The molecule has 0 bridgehead atoms. The van der Waals surface area contributed by atoms with Crippen molar-refractivity contribution in [1.82, 2.24) is 4.98 Å². The minimum atomic E-state index is -0.406. The standard InChI is InChI=1S/C12H19N3O2S/c1-4-17-12(16)10-5-9(13)6-14-11(10)15-8(2)7-18-3/h5-6,8H,4,7,13H2,1-3H3,(H,14,15). The van der Waals surface area contributed by atoms with E-state index in [1.807, 2.05) is 13.2 Å². The minimum Gasteiger partial charge on any atom is -0.462 e. The Balaban J connectivity index is 2.92. The number of aromatic nitrogens is 1. The number of pyridine rings is 1. The zero-order valence-corrected chi connectivity index (χ0v) is 11.7. The van der Waals surface area contributed by atoms with Gasteiger partial charge in [-0.3, -0.25) is 0 Å². The van der Waals surface area contributed by atoms with Crippen LogP contribution in [0.15, 0.2) is 12.3 Å². The lowest BCUT2D eigenvalue weighted by molar-refractivity contribution is 0.0527. The molecule has 1 unspecified atom stereocenters. The number of nitrogens with zero attached hydrogens (tertiary/aromatic N) is 1. The van der Waals surface area contributed by atoms with E-state index in [4.69, 9.17) is 10.5 Å². The fourth-order valence-corrected chi connectivity index (χ4v) is 2.07. The molecule has 1 rings (SSSR count). The van der Waals surface area contributed by atoms with Crippen molar-refractivity contribution in [1.29, 1.82) is 0 Å². The van der Waals surface area contributed by atoms with Crippen molar-refractivity contribution in [3.8, 4) is 0 Å². The van der Waals surface area contributed by atoms with Gasteiger partial charge in [0.2, 0.25) is 0 Å². The van der Waals surface area contributed by atoms with Crippen LogP contribution in [0.4, 0.5) is 11.5 Å². The Labute approximate surface area is 111 Å². The van der Waals surface area contributed by atoms with Crippen LogP contribution in [0.5, 0.6) is 0 Å². The summed E-state index contributed by atoms with van der Waals surface area (Å²) in [7, 11) is 0. The van der Waals surface area contributed by atoms with Gasteiger partial charge in [-0.15, -0.1) is 0 Å². The van der Waals surface area contributed by atoms with Crippen LogP contribution in [-0.4, -0.2) is 35.6 Å².